The first kappa shape index (κ1) is 23.4. The molecule has 27 heavy (non-hydrogen) atoms. The van der Waals surface area contributed by atoms with E-state index in [1.165, 1.54) is 0 Å². The van der Waals surface area contributed by atoms with Crippen molar-refractivity contribution in [2.75, 3.05) is 0 Å². The van der Waals surface area contributed by atoms with E-state index in [4.69, 9.17) is 5.11 Å². The minimum Gasteiger partial charge on any atom is -0.481 e. The van der Waals surface area contributed by atoms with Gasteiger partial charge in [0.15, 0.2) is 0 Å². The molecule has 2 unspecified atom stereocenters. The Balaban J connectivity index is 2.50. The van der Waals surface area contributed by atoms with Gasteiger partial charge in [0.05, 0.1) is 12.2 Å². The average Bonchev–Trinajstić information content (AvgIpc) is 2.88. The van der Waals surface area contributed by atoms with E-state index in [0.717, 1.165) is 25.7 Å². The van der Waals surface area contributed by atoms with Gasteiger partial charge in [-0.1, -0.05) is 45.3 Å². The molecule has 0 spiro atoms. The number of carbonyl (C=O) groups is 2. The topological polar surface area (TPSA) is 94.8 Å². The summed E-state index contributed by atoms with van der Waals surface area (Å²) in [5.41, 5.74) is 0. The van der Waals surface area contributed by atoms with E-state index in [1.807, 2.05) is 13.8 Å². The number of aliphatic hydroxyl groups is 2. The molecule has 1 aliphatic rings. The van der Waals surface area contributed by atoms with Crippen molar-refractivity contribution in [1.29, 1.82) is 0 Å². The summed E-state index contributed by atoms with van der Waals surface area (Å²) in [7, 11) is 0. The maximum atomic E-state index is 12.2. The normalized spacial score (nSPS) is 24.6. The minimum absolute atomic E-state index is 0.00207. The number of aliphatic hydroxyl groups excluding tert-OH is 2. The molecule has 3 N–H and O–H groups in total. The summed E-state index contributed by atoms with van der Waals surface area (Å²) in [5.74, 6) is 4.88. The second-order valence-electron chi connectivity index (χ2n) is 7.53. The van der Waals surface area contributed by atoms with Gasteiger partial charge in [-0.3, -0.25) is 9.59 Å². The van der Waals surface area contributed by atoms with Crippen LogP contribution in [-0.2, 0) is 9.59 Å². The van der Waals surface area contributed by atoms with Crippen molar-refractivity contribution in [3.63, 3.8) is 0 Å². The van der Waals surface area contributed by atoms with Crippen molar-refractivity contribution in [2.24, 2.45) is 17.8 Å². The number of aliphatic carboxylic acids is 1. The Morgan fingerprint density at radius 1 is 1.26 bits per heavy atom. The fourth-order valence-electron chi connectivity index (χ4n) is 3.50. The monoisotopic (exact) mass is 378 g/mol. The van der Waals surface area contributed by atoms with E-state index in [-0.39, 0.29) is 36.4 Å². The van der Waals surface area contributed by atoms with Crippen LogP contribution < -0.4 is 0 Å². The van der Waals surface area contributed by atoms with Gasteiger partial charge in [0.1, 0.15) is 5.78 Å². The number of ketones is 1. The molecule has 0 aromatic rings. The lowest BCUT2D eigenvalue weighted by Gasteiger charge is -2.19. The molecule has 0 radical (unpaired) electrons. The van der Waals surface area contributed by atoms with Crippen LogP contribution in [-0.4, -0.2) is 39.3 Å². The maximum Gasteiger partial charge on any atom is 0.303 e. The number of Topliss-reactive ketones (excluding diaryl/α,β-unsaturated/α-hetero) is 1. The van der Waals surface area contributed by atoms with Crippen LogP contribution in [0.15, 0.2) is 12.2 Å². The van der Waals surface area contributed by atoms with E-state index in [2.05, 4.69) is 11.8 Å². The van der Waals surface area contributed by atoms with Crippen LogP contribution in [0.5, 0.6) is 0 Å². The van der Waals surface area contributed by atoms with E-state index < -0.39 is 18.2 Å². The van der Waals surface area contributed by atoms with E-state index in [0.29, 0.717) is 19.3 Å². The van der Waals surface area contributed by atoms with Crippen LogP contribution in [0.1, 0.15) is 71.6 Å². The van der Waals surface area contributed by atoms with Crippen LogP contribution in [0, 0.1) is 29.6 Å². The van der Waals surface area contributed by atoms with Crippen molar-refractivity contribution in [2.45, 2.75) is 83.8 Å². The highest BCUT2D eigenvalue weighted by atomic mass is 16.4. The lowest BCUT2D eigenvalue weighted by molar-refractivity contribution is -0.137. The summed E-state index contributed by atoms with van der Waals surface area (Å²) in [4.78, 5) is 22.7. The van der Waals surface area contributed by atoms with Crippen LogP contribution in [0.25, 0.3) is 0 Å². The van der Waals surface area contributed by atoms with Crippen molar-refractivity contribution in [3.8, 4) is 11.8 Å². The first-order chi connectivity index (χ1) is 12.9. The smallest absolute Gasteiger partial charge is 0.303 e. The number of carboxylic acid groups (broad SMARTS) is 1. The second-order valence-corrected chi connectivity index (χ2v) is 7.53. The zero-order valence-electron chi connectivity index (χ0n) is 16.6. The van der Waals surface area contributed by atoms with Gasteiger partial charge in [-0.15, -0.1) is 11.8 Å². The molecule has 0 heterocycles. The van der Waals surface area contributed by atoms with Gasteiger partial charge >= 0.3 is 5.97 Å². The standard InChI is InChI=1S/C22H34O5/c1-3-4-7-10-16(2)19(23)14-13-18-17(20(24)15-21(18)25)11-8-5-6-9-12-22(26)27/h13-14,16-19,21,23,25H,3,5-6,8-12,15H2,1-2H3,(H,26,27)/b14-13+/t16?,17-,18-,19?,21-/m1/s1. The third-order valence-corrected chi connectivity index (χ3v) is 5.23. The summed E-state index contributed by atoms with van der Waals surface area (Å²) >= 11 is 0. The Bertz CT molecular complexity index is 557. The van der Waals surface area contributed by atoms with E-state index in [9.17, 15) is 19.8 Å². The Kier molecular flexibility index (Phi) is 11.0. The molecule has 1 fully saturated rings. The zero-order chi connectivity index (χ0) is 20.2. The largest absolute Gasteiger partial charge is 0.481 e. The minimum atomic E-state index is -0.775. The molecule has 0 aromatic heterocycles. The molecular weight excluding hydrogens is 344 g/mol. The van der Waals surface area contributed by atoms with E-state index in [1.54, 1.807) is 12.2 Å². The Morgan fingerprint density at radius 2 is 1.96 bits per heavy atom. The Labute approximate surface area is 162 Å². The highest BCUT2D eigenvalue weighted by Gasteiger charge is 2.39. The molecule has 1 aliphatic carbocycles. The SMILES string of the molecule is CCC#CCC(C)C(O)/C=C/[C@H]1[C@H](O)CC(=O)[C@@H]1CCCCCCC(=O)O. The lowest BCUT2D eigenvalue weighted by Crippen LogP contribution is -2.20. The molecule has 0 aliphatic heterocycles. The van der Waals surface area contributed by atoms with Crippen molar-refractivity contribution >= 4 is 11.8 Å². The van der Waals surface area contributed by atoms with Crippen LogP contribution in [0.2, 0.25) is 0 Å². The third kappa shape index (κ3) is 8.73. The molecule has 5 atom stereocenters. The van der Waals surface area contributed by atoms with E-state index >= 15 is 0 Å². The van der Waals surface area contributed by atoms with Crippen LogP contribution >= 0.6 is 0 Å². The second kappa shape index (κ2) is 12.7. The van der Waals surface area contributed by atoms with Crippen molar-refractivity contribution in [3.05, 3.63) is 12.2 Å². The fraction of sp³-hybridized carbons (Fsp3) is 0.727. The third-order valence-electron chi connectivity index (χ3n) is 5.23. The van der Waals surface area contributed by atoms with Crippen molar-refractivity contribution in [1.82, 2.24) is 0 Å². The van der Waals surface area contributed by atoms with Gasteiger partial charge in [-0.2, -0.15) is 0 Å². The number of carboxylic acids is 1. The van der Waals surface area contributed by atoms with Gasteiger partial charge < -0.3 is 15.3 Å². The number of hydrogen-bond acceptors (Lipinski definition) is 4. The zero-order valence-corrected chi connectivity index (χ0v) is 16.6. The van der Waals surface area contributed by atoms with Gasteiger partial charge in [-0.05, 0) is 18.8 Å². The Morgan fingerprint density at radius 3 is 2.63 bits per heavy atom. The molecule has 152 valence electrons. The van der Waals surface area contributed by atoms with Gasteiger partial charge in [-0.25, -0.2) is 0 Å². The maximum absolute atomic E-state index is 12.2. The molecule has 0 bridgehead atoms. The summed E-state index contributed by atoms with van der Waals surface area (Å²) in [6.45, 7) is 3.92. The summed E-state index contributed by atoms with van der Waals surface area (Å²) in [6, 6.07) is 0. The molecule has 1 saturated carbocycles. The van der Waals surface area contributed by atoms with Crippen molar-refractivity contribution < 1.29 is 24.9 Å². The van der Waals surface area contributed by atoms with Gasteiger partial charge in [0.25, 0.3) is 0 Å². The number of unbranched alkanes of at least 4 members (excludes halogenated alkanes) is 3. The average molecular weight is 379 g/mol. The summed E-state index contributed by atoms with van der Waals surface area (Å²) in [6.07, 6.45) is 7.88. The van der Waals surface area contributed by atoms with Crippen LogP contribution in [0.3, 0.4) is 0 Å². The predicted octanol–water partition coefficient (Wildman–Crippen LogP) is 3.33. The molecule has 0 saturated heterocycles. The molecule has 1 rings (SSSR count). The fourth-order valence-corrected chi connectivity index (χ4v) is 3.50. The molecule has 0 amide bonds. The Hall–Kier alpha value is -1.64. The highest BCUT2D eigenvalue weighted by molar-refractivity contribution is 5.84. The first-order valence-electron chi connectivity index (χ1n) is 10.1. The lowest BCUT2D eigenvalue weighted by atomic mass is 9.88. The van der Waals surface area contributed by atoms with Gasteiger partial charge in [0, 0.05) is 37.5 Å². The number of hydrogen-bond donors (Lipinski definition) is 3. The molecule has 5 nitrogen and oxygen atoms in total. The molecule has 0 aromatic carbocycles. The summed E-state index contributed by atoms with van der Waals surface area (Å²) in [5, 5.41) is 29.1. The van der Waals surface area contributed by atoms with Gasteiger partial charge in [0.2, 0.25) is 0 Å². The quantitative estimate of drug-likeness (QED) is 0.291. The van der Waals surface area contributed by atoms with Crippen LogP contribution in [0.4, 0.5) is 0 Å². The molecule has 5 heteroatoms. The summed E-state index contributed by atoms with van der Waals surface area (Å²) < 4.78 is 0. The molecular formula is C22H34O5. The highest BCUT2D eigenvalue weighted by Crippen LogP contribution is 2.34. The first-order valence-corrected chi connectivity index (χ1v) is 10.1. The predicted molar refractivity (Wildman–Crippen MR) is 105 cm³/mol. The number of rotatable bonds is 11. The number of carbonyl (C=O) groups excluding carboxylic acids is 1.